The summed E-state index contributed by atoms with van der Waals surface area (Å²) in [7, 11) is 0. The Bertz CT molecular complexity index is 697. The average molecular weight is 288 g/mol. The van der Waals surface area contributed by atoms with Gasteiger partial charge in [-0.3, -0.25) is 4.79 Å². The van der Waals surface area contributed by atoms with Crippen molar-refractivity contribution >= 4 is 16.8 Å². The van der Waals surface area contributed by atoms with E-state index in [1.165, 1.54) is 6.07 Å². The van der Waals surface area contributed by atoms with Crippen molar-refractivity contribution in [1.82, 2.24) is 9.88 Å². The number of carbonyl (C=O) groups is 1. The zero-order chi connectivity index (χ0) is 15.2. The van der Waals surface area contributed by atoms with Crippen molar-refractivity contribution in [1.29, 1.82) is 0 Å². The molecule has 0 fully saturated rings. The minimum atomic E-state index is -0.234. The minimum Gasteiger partial charge on any atom is -0.358 e. The second kappa shape index (κ2) is 4.86. The highest BCUT2D eigenvalue weighted by atomic mass is 19.1. The molecule has 0 unspecified atom stereocenters. The first-order valence-electron chi connectivity index (χ1n) is 7.40. The van der Waals surface area contributed by atoms with Gasteiger partial charge in [-0.25, -0.2) is 4.39 Å². The van der Waals surface area contributed by atoms with E-state index in [0.29, 0.717) is 13.0 Å². The number of nitrogens with one attached hydrogen (secondary N) is 1. The molecule has 0 spiro atoms. The van der Waals surface area contributed by atoms with Gasteiger partial charge in [-0.1, -0.05) is 20.8 Å². The van der Waals surface area contributed by atoms with Gasteiger partial charge in [0, 0.05) is 48.1 Å². The number of hydrogen-bond acceptors (Lipinski definition) is 1. The Kier molecular flexibility index (Phi) is 3.27. The zero-order valence-electron chi connectivity index (χ0n) is 12.8. The average Bonchev–Trinajstić information content (AvgIpc) is 2.74. The number of carbonyl (C=O) groups excluding carboxylic acids is 1. The largest absolute Gasteiger partial charge is 0.358 e. The van der Waals surface area contributed by atoms with E-state index in [1.54, 1.807) is 12.1 Å². The van der Waals surface area contributed by atoms with Gasteiger partial charge >= 0.3 is 0 Å². The highest BCUT2D eigenvalue weighted by molar-refractivity contribution is 5.86. The molecule has 0 radical (unpaired) electrons. The molecule has 1 aromatic carbocycles. The Hall–Kier alpha value is -1.84. The summed E-state index contributed by atoms with van der Waals surface area (Å²) < 4.78 is 13.5. The molecule has 1 N–H and O–H groups in total. The number of benzene rings is 1. The Morgan fingerprint density at radius 3 is 2.86 bits per heavy atom. The van der Waals surface area contributed by atoms with Crippen LogP contribution in [0.15, 0.2) is 18.2 Å². The molecule has 2 aromatic rings. The van der Waals surface area contributed by atoms with Crippen molar-refractivity contribution < 1.29 is 9.18 Å². The van der Waals surface area contributed by atoms with Crippen LogP contribution in [0.3, 0.4) is 0 Å². The Morgan fingerprint density at radius 2 is 2.14 bits per heavy atom. The van der Waals surface area contributed by atoms with E-state index < -0.39 is 0 Å². The van der Waals surface area contributed by atoms with Gasteiger partial charge in [0.25, 0.3) is 0 Å². The fourth-order valence-electron chi connectivity index (χ4n) is 2.96. The lowest BCUT2D eigenvalue weighted by atomic mass is 9.91. The summed E-state index contributed by atoms with van der Waals surface area (Å²) in [6.07, 6.45) is 1.35. The van der Waals surface area contributed by atoms with Gasteiger partial charge in [0.15, 0.2) is 0 Å². The van der Waals surface area contributed by atoms with Crippen LogP contribution < -0.4 is 0 Å². The van der Waals surface area contributed by atoms with Crippen molar-refractivity contribution in [3.05, 3.63) is 35.3 Å². The third-order valence-electron chi connectivity index (χ3n) is 3.97. The summed E-state index contributed by atoms with van der Waals surface area (Å²) >= 11 is 0. The number of rotatable bonds is 1. The highest BCUT2D eigenvalue weighted by Gasteiger charge is 2.26. The summed E-state index contributed by atoms with van der Waals surface area (Å²) in [6.45, 7) is 7.52. The maximum atomic E-state index is 13.5. The molecule has 1 aromatic heterocycles. The molecule has 4 heteroatoms. The van der Waals surface area contributed by atoms with E-state index in [9.17, 15) is 9.18 Å². The molecule has 21 heavy (non-hydrogen) atoms. The third-order valence-corrected chi connectivity index (χ3v) is 3.97. The quantitative estimate of drug-likeness (QED) is 0.854. The lowest BCUT2D eigenvalue weighted by Crippen LogP contribution is -2.37. The molecular weight excluding hydrogens is 267 g/mol. The summed E-state index contributed by atoms with van der Waals surface area (Å²) in [6, 6.07) is 4.79. The molecule has 0 bridgehead atoms. The molecule has 3 rings (SSSR count). The van der Waals surface area contributed by atoms with Crippen molar-refractivity contribution in [2.24, 2.45) is 5.41 Å². The van der Waals surface area contributed by atoms with Gasteiger partial charge in [-0.2, -0.15) is 0 Å². The van der Waals surface area contributed by atoms with Crippen LogP contribution in [0.2, 0.25) is 0 Å². The molecule has 112 valence electrons. The number of halogens is 1. The lowest BCUT2D eigenvalue weighted by Gasteiger charge is -2.30. The van der Waals surface area contributed by atoms with Crippen molar-refractivity contribution in [2.75, 3.05) is 6.54 Å². The Morgan fingerprint density at radius 1 is 1.38 bits per heavy atom. The number of amides is 1. The molecule has 0 saturated carbocycles. The van der Waals surface area contributed by atoms with Crippen molar-refractivity contribution in [2.45, 2.75) is 40.2 Å². The van der Waals surface area contributed by atoms with Gasteiger partial charge in [-0.15, -0.1) is 0 Å². The van der Waals surface area contributed by atoms with Crippen LogP contribution in [0, 0.1) is 11.2 Å². The molecule has 1 aliphatic heterocycles. The van der Waals surface area contributed by atoms with Crippen molar-refractivity contribution in [3.8, 4) is 0 Å². The zero-order valence-corrected chi connectivity index (χ0v) is 12.8. The van der Waals surface area contributed by atoms with Gasteiger partial charge in [-0.05, 0) is 23.6 Å². The fourth-order valence-corrected chi connectivity index (χ4v) is 2.96. The van der Waals surface area contributed by atoms with E-state index in [4.69, 9.17) is 0 Å². The number of aromatic nitrogens is 1. The van der Waals surface area contributed by atoms with E-state index in [1.807, 2.05) is 4.90 Å². The first kappa shape index (κ1) is 14.1. The van der Waals surface area contributed by atoms with E-state index in [2.05, 4.69) is 25.8 Å². The van der Waals surface area contributed by atoms with Gasteiger partial charge in [0.05, 0.1) is 0 Å². The number of aromatic amines is 1. The van der Waals surface area contributed by atoms with Crippen LogP contribution in [-0.2, 0) is 17.8 Å². The van der Waals surface area contributed by atoms with Crippen LogP contribution >= 0.6 is 0 Å². The molecule has 1 aliphatic rings. The number of fused-ring (bicyclic) bond motifs is 3. The van der Waals surface area contributed by atoms with E-state index >= 15 is 0 Å². The van der Waals surface area contributed by atoms with E-state index in [-0.39, 0.29) is 17.1 Å². The normalized spacial score (nSPS) is 15.3. The first-order chi connectivity index (χ1) is 9.83. The number of nitrogens with zero attached hydrogens (tertiary/aromatic N) is 1. The van der Waals surface area contributed by atoms with Gasteiger partial charge in [0.1, 0.15) is 5.82 Å². The number of hydrogen-bond donors (Lipinski definition) is 1. The van der Waals surface area contributed by atoms with Crippen LogP contribution in [0.5, 0.6) is 0 Å². The topological polar surface area (TPSA) is 36.1 Å². The van der Waals surface area contributed by atoms with Crippen molar-refractivity contribution in [3.63, 3.8) is 0 Å². The predicted octanol–water partition coefficient (Wildman–Crippen LogP) is 3.63. The number of H-pyrrole nitrogens is 1. The maximum Gasteiger partial charge on any atom is 0.223 e. The third kappa shape index (κ3) is 2.80. The molecule has 1 amide bonds. The molecule has 3 nitrogen and oxygen atoms in total. The fraction of sp³-hybridized carbons (Fsp3) is 0.471. The molecule has 2 heterocycles. The second-order valence-corrected chi connectivity index (χ2v) is 7.07. The summed E-state index contributed by atoms with van der Waals surface area (Å²) in [4.78, 5) is 17.6. The molecule has 0 aliphatic carbocycles. The van der Waals surface area contributed by atoms with Crippen LogP contribution in [-0.4, -0.2) is 22.3 Å². The van der Waals surface area contributed by atoms with Gasteiger partial charge in [0.2, 0.25) is 5.91 Å². The summed E-state index contributed by atoms with van der Waals surface area (Å²) in [5.74, 6) is -0.0543. The molecule has 0 saturated heterocycles. The van der Waals surface area contributed by atoms with Crippen LogP contribution in [0.1, 0.15) is 38.4 Å². The monoisotopic (exact) mass is 288 g/mol. The Balaban J connectivity index is 1.89. The maximum absolute atomic E-state index is 13.5. The standard InChI is InChI=1S/C17H21FN2O/c1-17(2,3)9-16(21)20-7-6-15-13(10-20)12-8-11(18)4-5-14(12)19-15/h4-5,8,19H,6-7,9-10H2,1-3H3. The second-order valence-electron chi connectivity index (χ2n) is 7.07. The van der Waals surface area contributed by atoms with Gasteiger partial charge < -0.3 is 9.88 Å². The molecule has 0 atom stereocenters. The lowest BCUT2D eigenvalue weighted by molar-refractivity contribution is -0.134. The summed E-state index contributed by atoms with van der Waals surface area (Å²) in [5.41, 5.74) is 3.14. The SMILES string of the molecule is CC(C)(C)CC(=O)N1CCc2[nH]c3ccc(F)cc3c2C1. The minimum absolute atomic E-state index is 0.0102. The highest BCUT2D eigenvalue weighted by Crippen LogP contribution is 2.29. The Labute approximate surface area is 124 Å². The summed E-state index contributed by atoms with van der Waals surface area (Å²) in [5, 5.41) is 0.901. The smallest absolute Gasteiger partial charge is 0.223 e. The predicted molar refractivity (Wildman–Crippen MR) is 81.4 cm³/mol. The van der Waals surface area contributed by atoms with Crippen LogP contribution in [0.25, 0.3) is 10.9 Å². The first-order valence-corrected chi connectivity index (χ1v) is 7.40. The molecular formula is C17H21FN2O. The van der Waals surface area contributed by atoms with E-state index in [0.717, 1.165) is 35.1 Å². The van der Waals surface area contributed by atoms with Crippen LogP contribution in [0.4, 0.5) is 4.39 Å².